The Kier molecular flexibility index (Phi) is 10.2. The number of hydrogen-bond acceptors (Lipinski definition) is 4. The van der Waals surface area contributed by atoms with Gasteiger partial charge in [-0.05, 0) is 81.4 Å². The lowest BCUT2D eigenvalue weighted by Crippen LogP contribution is -2.14. The number of furan rings is 1. The fraction of sp³-hybridized carbons (Fsp3) is 0.129. The van der Waals surface area contributed by atoms with Gasteiger partial charge in [-0.15, -0.1) is 11.3 Å². The van der Waals surface area contributed by atoms with Gasteiger partial charge in [0.2, 0.25) is 0 Å². The van der Waals surface area contributed by atoms with Crippen molar-refractivity contribution in [2.45, 2.75) is 52.4 Å². The van der Waals surface area contributed by atoms with Crippen LogP contribution in [0.5, 0.6) is 0 Å². The molecule has 2 aliphatic rings. The van der Waals surface area contributed by atoms with Crippen molar-refractivity contribution in [2.24, 2.45) is 0 Å². The molecule has 66 heavy (non-hydrogen) atoms. The smallest absolute Gasteiger partial charge is 0.143 e. The van der Waals surface area contributed by atoms with Crippen LogP contribution in [0.3, 0.4) is 0 Å². The summed E-state index contributed by atoms with van der Waals surface area (Å²) in [4.78, 5) is 0. The molecule has 322 valence electrons. The quantitative estimate of drug-likeness (QED) is 0.181. The van der Waals surface area contributed by atoms with Crippen LogP contribution in [-0.2, 0) is 10.8 Å². The van der Waals surface area contributed by atoms with E-state index in [9.17, 15) is 0 Å². The lowest BCUT2D eigenvalue weighted by molar-refractivity contribution is 0.660. The summed E-state index contributed by atoms with van der Waals surface area (Å²) in [5, 5.41) is 12.5. The second-order valence-corrected chi connectivity index (χ2v) is 19.2. The Morgan fingerprint density at radius 1 is 0.394 bits per heavy atom. The van der Waals surface area contributed by atoms with Gasteiger partial charge < -0.3 is 15.1 Å². The van der Waals surface area contributed by atoms with E-state index in [-0.39, 0.29) is 10.8 Å². The van der Waals surface area contributed by atoms with Gasteiger partial charge in [0.25, 0.3) is 0 Å². The molecule has 0 saturated carbocycles. The van der Waals surface area contributed by atoms with Crippen LogP contribution in [0.2, 0.25) is 0 Å². The van der Waals surface area contributed by atoms with Crippen LogP contribution in [0.4, 0.5) is 22.7 Å². The van der Waals surface area contributed by atoms with Gasteiger partial charge in [-0.1, -0.05) is 193 Å². The van der Waals surface area contributed by atoms with Crippen LogP contribution in [0.25, 0.3) is 75.5 Å². The summed E-state index contributed by atoms with van der Waals surface area (Å²) < 4.78 is 8.90. The van der Waals surface area contributed by atoms with Crippen molar-refractivity contribution in [1.29, 1.82) is 0 Å². The Bertz CT molecular complexity index is 3620. The van der Waals surface area contributed by atoms with Crippen molar-refractivity contribution in [1.82, 2.24) is 0 Å². The van der Waals surface area contributed by atoms with Crippen LogP contribution >= 0.6 is 11.3 Å². The normalized spacial score (nSPS) is 13.5. The van der Waals surface area contributed by atoms with E-state index in [0.29, 0.717) is 0 Å². The van der Waals surface area contributed by atoms with Gasteiger partial charge in [0.05, 0.1) is 10.4 Å². The number of hydrogen-bond donors (Lipinski definition) is 2. The molecule has 0 fully saturated rings. The molecular weight excluding hydrogens is 821 g/mol. The average molecular weight is 873 g/mol. The van der Waals surface area contributed by atoms with Gasteiger partial charge >= 0.3 is 0 Å². The topological polar surface area (TPSA) is 37.2 Å². The molecule has 0 amide bonds. The van der Waals surface area contributed by atoms with E-state index in [4.69, 9.17) is 4.42 Å². The predicted octanol–water partition coefficient (Wildman–Crippen LogP) is 18.4. The zero-order valence-corrected chi connectivity index (χ0v) is 39.1. The molecule has 2 aromatic heterocycles. The Morgan fingerprint density at radius 2 is 0.879 bits per heavy atom. The zero-order valence-electron chi connectivity index (χ0n) is 38.3. The number of fused-ring (bicyclic) bond motifs is 12. The molecule has 0 spiro atoms. The molecule has 11 aromatic rings. The first kappa shape index (κ1) is 41.3. The molecule has 0 bridgehead atoms. The summed E-state index contributed by atoms with van der Waals surface area (Å²) in [5.41, 5.74) is 19.6. The molecule has 2 heterocycles. The van der Waals surface area contributed by atoms with Crippen molar-refractivity contribution >= 4 is 76.2 Å². The first-order chi connectivity index (χ1) is 32.3. The highest BCUT2D eigenvalue weighted by molar-refractivity contribution is 7.26. The van der Waals surface area contributed by atoms with Crippen LogP contribution in [-0.4, -0.2) is 0 Å². The molecule has 0 atom stereocenters. The van der Waals surface area contributed by atoms with Crippen molar-refractivity contribution in [2.75, 3.05) is 10.6 Å². The molecule has 13 rings (SSSR count). The van der Waals surface area contributed by atoms with E-state index < -0.39 is 0 Å². The first-order valence-electron chi connectivity index (χ1n) is 23.2. The Morgan fingerprint density at radius 3 is 1.56 bits per heavy atom. The highest BCUT2D eigenvalue weighted by atomic mass is 32.1. The Labute approximate surface area is 391 Å². The minimum absolute atomic E-state index is 0.00125. The minimum atomic E-state index is -0.00125. The molecule has 4 heteroatoms. The van der Waals surface area contributed by atoms with E-state index in [1.807, 2.05) is 37.3 Å². The largest absolute Gasteiger partial charge is 0.455 e. The number of nitrogens with one attached hydrogen (secondary N) is 2. The number of para-hydroxylation sites is 2. The summed E-state index contributed by atoms with van der Waals surface area (Å²) in [7, 11) is 0. The van der Waals surface area contributed by atoms with E-state index in [0.717, 1.165) is 44.4 Å². The Hall–Kier alpha value is -7.40. The molecule has 2 aliphatic carbocycles. The van der Waals surface area contributed by atoms with E-state index in [2.05, 4.69) is 220 Å². The van der Waals surface area contributed by atoms with Gasteiger partial charge in [0.1, 0.15) is 11.2 Å². The molecule has 3 nitrogen and oxygen atoms in total. The summed E-state index contributed by atoms with van der Waals surface area (Å²) in [5.74, 6) is 0. The van der Waals surface area contributed by atoms with Crippen molar-refractivity contribution in [3.8, 4) is 33.4 Å². The maximum atomic E-state index is 6.25. The minimum Gasteiger partial charge on any atom is -0.455 e. The van der Waals surface area contributed by atoms with Crippen LogP contribution in [0.15, 0.2) is 199 Å². The molecule has 0 radical (unpaired) electrons. The standard InChI is InChI=1S/C33H25NO.C27H21NS.C2H6/c1-33(2)27-13-5-3-10-26(27)31-28(33)14-8-15-29(31)34-22-19-17-21(18-20-22)23-11-7-12-25-24-9-4-6-16-30(24)35-32(23)25;1-27(2)20-12-5-3-10-19(20)25-21(27)13-8-14-22(25)28-23-15-7-11-18-17-9-4-6-16-24(17)29-26(18)23;1-2/h3-20,34H,1-2H3;3-16,28H,1-2H3;1-2H3. The molecule has 0 saturated heterocycles. The molecule has 0 aliphatic heterocycles. The zero-order chi connectivity index (χ0) is 45.2. The van der Waals surface area contributed by atoms with Gasteiger partial charge in [-0.2, -0.15) is 0 Å². The van der Waals surface area contributed by atoms with Gasteiger partial charge in [0.15, 0.2) is 0 Å². The lowest BCUT2D eigenvalue weighted by Gasteiger charge is -2.21. The van der Waals surface area contributed by atoms with E-state index in [1.54, 1.807) is 0 Å². The Balaban J connectivity index is 0.000000143. The maximum Gasteiger partial charge on any atom is 0.143 e. The van der Waals surface area contributed by atoms with Gasteiger partial charge in [-0.3, -0.25) is 0 Å². The number of anilines is 4. The fourth-order valence-corrected chi connectivity index (χ4v) is 11.7. The highest BCUT2D eigenvalue weighted by Gasteiger charge is 2.37. The van der Waals surface area contributed by atoms with Crippen LogP contribution < -0.4 is 10.6 Å². The summed E-state index contributed by atoms with van der Waals surface area (Å²) in [6.45, 7) is 13.3. The summed E-state index contributed by atoms with van der Waals surface area (Å²) >= 11 is 1.86. The SMILES string of the molecule is CC.CC1(C)c2ccccc2-c2c(Nc3ccc(-c4cccc5c4oc4ccccc45)cc3)cccc21.CC1(C)c2ccccc2-c2c(Nc3cccc4c3sc3ccccc34)cccc21. The third-order valence-electron chi connectivity index (χ3n) is 13.8. The molecule has 9 aromatic carbocycles. The van der Waals surface area contributed by atoms with Gasteiger partial charge in [0, 0.05) is 70.8 Å². The maximum absolute atomic E-state index is 6.25. The van der Waals surface area contributed by atoms with Crippen molar-refractivity contribution in [3.63, 3.8) is 0 Å². The number of rotatable bonds is 5. The number of thiophene rings is 1. The predicted molar refractivity (Wildman–Crippen MR) is 284 cm³/mol. The highest BCUT2D eigenvalue weighted by Crippen LogP contribution is 2.53. The number of benzene rings is 9. The van der Waals surface area contributed by atoms with Crippen molar-refractivity contribution < 1.29 is 4.42 Å². The second kappa shape index (κ2) is 16.2. The monoisotopic (exact) mass is 872 g/mol. The third-order valence-corrected chi connectivity index (χ3v) is 15.0. The second-order valence-electron chi connectivity index (χ2n) is 18.2. The molecule has 2 N–H and O–H groups in total. The van der Waals surface area contributed by atoms with E-state index in [1.165, 1.54) is 76.1 Å². The first-order valence-corrected chi connectivity index (χ1v) is 24.0. The van der Waals surface area contributed by atoms with Crippen LogP contribution in [0.1, 0.15) is 63.8 Å². The van der Waals surface area contributed by atoms with E-state index >= 15 is 0 Å². The third kappa shape index (κ3) is 6.62. The summed E-state index contributed by atoms with van der Waals surface area (Å²) in [6.07, 6.45) is 0. The van der Waals surface area contributed by atoms with Gasteiger partial charge in [-0.25, -0.2) is 0 Å². The fourth-order valence-electron chi connectivity index (χ4n) is 10.6. The molecular formula is C62H52N2OS. The molecule has 0 unspecified atom stereocenters. The summed E-state index contributed by atoms with van der Waals surface area (Å²) in [6, 6.07) is 69.4. The van der Waals surface area contributed by atoms with Crippen molar-refractivity contribution in [3.05, 3.63) is 216 Å². The average Bonchev–Trinajstić information content (AvgIpc) is 4.07. The van der Waals surface area contributed by atoms with Crippen LogP contribution in [0, 0.1) is 0 Å². The lowest BCUT2D eigenvalue weighted by atomic mass is 9.82.